The molecule has 3 aromatic heterocycles. The molecular weight excluding hydrogens is 360 g/mol. The summed E-state index contributed by atoms with van der Waals surface area (Å²) in [5.74, 6) is 1.56. The van der Waals surface area contributed by atoms with Crippen molar-refractivity contribution in [2.24, 2.45) is 0 Å². The summed E-state index contributed by atoms with van der Waals surface area (Å²) >= 11 is 1.49. The predicted molar refractivity (Wildman–Crippen MR) is 103 cm³/mol. The molecule has 5 aromatic rings. The minimum absolute atomic E-state index is 0.502. The molecule has 0 unspecified atom stereocenters. The number of thioether (sulfide) groups is 1. The molecule has 0 N–H and O–H groups in total. The van der Waals surface area contributed by atoms with Crippen molar-refractivity contribution in [3.63, 3.8) is 0 Å². The number of benzene rings is 2. The summed E-state index contributed by atoms with van der Waals surface area (Å²) in [6.07, 6.45) is 1.55. The van der Waals surface area contributed by atoms with Gasteiger partial charge in [-0.3, -0.25) is 0 Å². The molecular formula is C20H14N4O2S. The number of hydrogen-bond acceptors (Lipinski definition) is 7. The van der Waals surface area contributed by atoms with Gasteiger partial charge in [-0.2, -0.15) is 0 Å². The standard InChI is InChI=1S/C20H14N4O2S/c1-12-5-4-6-13(9-12)19-24-23-16(26-19)10-27-20-18-17(21-11-22-20)14-7-2-3-8-15(14)25-18/h2-9,11H,10H2,1H3. The smallest absolute Gasteiger partial charge is 0.247 e. The third-order valence-corrected chi connectivity index (χ3v) is 5.15. The molecule has 0 spiro atoms. The lowest BCUT2D eigenvalue weighted by Gasteiger charge is -1.98. The Hall–Kier alpha value is -3.19. The first-order valence-electron chi connectivity index (χ1n) is 8.42. The number of furan rings is 1. The average Bonchev–Trinajstić information content (AvgIpc) is 3.31. The summed E-state index contributed by atoms with van der Waals surface area (Å²) in [4.78, 5) is 8.73. The minimum Gasteiger partial charge on any atom is -0.451 e. The van der Waals surface area contributed by atoms with E-state index in [1.807, 2.05) is 55.5 Å². The Bertz CT molecular complexity index is 1260. The number of aryl methyl sites for hydroxylation is 1. The van der Waals surface area contributed by atoms with Crippen LogP contribution in [0, 0.1) is 6.92 Å². The van der Waals surface area contributed by atoms with E-state index in [-0.39, 0.29) is 0 Å². The maximum atomic E-state index is 5.95. The van der Waals surface area contributed by atoms with E-state index < -0.39 is 0 Å². The maximum absolute atomic E-state index is 5.95. The lowest BCUT2D eigenvalue weighted by Crippen LogP contribution is -1.86. The van der Waals surface area contributed by atoms with Crippen LogP contribution in [0.4, 0.5) is 0 Å². The van der Waals surface area contributed by atoms with Gasteiger partial charge in [0, 0.05) is 10.9 Å². The molecule has 0 saturated heterocycles. The number of hydrogen-bond donors (Lipinski definition) is 0. The normalized spacial score (nSPS) is 11.4. The zero-order valence-corrected chi connectivity index (χ0v) is 15.2. The number of rotatable bonds is 4. The fourth-order valence-corrected chi connectivity index (χ4v) is 3.71. The van der Waals surface area contributed by atoms with E-state index in [1.54, 1.807) is 6.33 Å². The van der Waals surface area contributed by atoms with Crippen LogP contribution in [0.2, 0.25) is 0 Å². The van der Waals surface area contributed by atoms with Crippen LogP contribution in [-0.4, -0.2) is 20.2 Å². The van der Waals surface area contributed by atoms with Gasteiger partial charge in [0.2, 0.25) is 11.8 Å². The second-order valence-corrected chi connectivity index (χ2v) is 7.08. The van der Waals surface area contributed by atoms with E-state index in [0.29, 0.717) is 23.1 Å². The summed E-state index contributed by atoms with van der Waals surface area (Å²) in [5.41, 5.74) is 4.36. The molecule has 3 heterocycles. The first-order chi connectivity index (χ1) is 13.3. The van der Waals surface area contributed by atoms with Crippen molar-refractivity contribution in [3.05, 3.63) is 66.3 Å². The van der Waals surface area contributed by atoms with Crippen molar-refractivity contribution in [2.45, 2.75) is 17.7 Å². The fourth-order valence-electron chi connectivity index (χ4n) is 2.94. The second-order valence-electron chi connectivity index (χ2n) is 6.11. The Morgan fingerprint density at radius 1 is 0.963 bits per heavy atom. The van der Waals surface area contributed by atoms with Gasteiger partial charge in [0.1, 0.15) is 22.5 Å². The molecule has 132 valence electrons. The Morgan fingerprint density at radius 3 is 2.81 bits per heavy atom. The minimum atomic E-state index is 0.502. The highest BCUT2D eigenvalue weighted by atomic mass is 32.2. The van der Waals surface area contributed by atoms with Crippen molar-refractivity contribution in [1.29, 1.82) is 0 Å². The molecule has 0 fully saturated rings. The third kappa shape index (κ3) is 2.96. The van der Waals surface area contributed by atoms with E-state index in [0.717, 1.165) is 32.6 Å². The van der Waals surface area contributed by atoms with E-state index in [9.17, 15) is 0 Å². The molecule has 7 heteroatoms. The summed E-state index contributed by atoms with van der Waals surface area (Å²) < 4.78 is 11.7. The number of aromatic nitrogens is 4. The predicted octanol–water partition coefficient (Wildman–Crippen LogP) is 5.03. The Morgan fingerprint density at radius 2 is 1.89 bits per heavy atom. The highest BCUT2D eigenvalue weighted by Gasteiger charge is 2.15. The topological polar surface area (TPSA) is 77.8 Å². The lowest BCUT2D eigenvalue weighted by atomic mass is 10.1. The van der Waals surface area contributed by atoms with Crippen molar-refractivity contribution in [2.75, 3.05) is 0 Å². The maximum Gasteiger partial charge on any atom is 0.247 e. The van der Waals surface area contributed by atoms with Gasteiger partial charge in [-0.15, -0.1) is 10.2 Å². The van der Waals surface area contributed by atoms with Gasteiger partial charge in [-0.05, 0) is 31.2 Å². The van der Waals surface area contributed by atoms with Crippen LogP contribution >= 0.6 is 11.8 Å². The van der Waals surface area contributed by atoms with Gasteiger partial charge in [0.25, 0.3) is 0 Å². The zero-order valence-electron chi connectivity index (χ0n) is 14.4. The van der Waals surface area contributed by atoms with E-state index in [4.69, 9.17) is 8.83 Å². The van der Waals surface area contributed by atoms with Crippen LogP contribution in [0.5, 0.6) is 0 Å². The molecule has 0 amide bonds. The molecule has 0 atom stereocenters. The van der Waals surface area contributed by atoms with Crippen LogP contribution in [0.1, 0.15) is 11.5 Å². The highest BCUT2D eigenvalue weighted by Crippen LogP contribution is 2.33. The summed E-state index contributed by atoms with van der Waals surface area (Å²) in [7, 11) is 0. The van der Waals surface area contributed by atoms with Crippen LogP contribution in [0.3, 0.4) is 0 Å². The molecule has 0 aliphatic rings. The first kappa shape index (κ1) is 16.0. The Labute approximate surface area is 158 Å². The summed E-state index contributed by atoms with van der Waals surface area (Å²) in [6.45, 7) is 2.03. The molecule has 0 aliphatic heterocycles. The van der Waals surface area contributed by atoms with Crippen LogP contribution in [0.15, 0.2) is 68.7 Å². The molecule has 5 rings (SSSR count). The van der Waals surface area contributed by atoms with Gasteiger partial charge >= 0.3 is 0 Å². The molecule has 0 radical (unpaired) electrons. The molecule has 0 saturated carbocycles. The largest absolute Gasteiger partial charge is 0.451 e. The van der Waals surface area contributed by atoms with E-state index >= 15 is 0 Å². The number of fused-ring (bicyclic) bond motifs is 3. The summed E-state index contributed by atoms with van der Waals surface area (Å²) in [5, 5.41) is 10.0. The monoisotopic (exact) mass is 374 g/mol. The molecule has 27 heavy (non-hydrogen) atoms. The number of nitrogens with zero attached hydrogens (tertiary/aromatic N) is 4. The number of para-hydroxylation sites is 1. The first-order valence-corrected chi connectivity index (χ1v) is 9.41. The fraction of sp³-hybridized carbons (Fsp3) is 0.100. The van der Waals surface area contributed by atoms with Gasteiger partial charge in [0.15, 0.2) is 5.58 Å². The van der Waals surface area contributed by atoms with Gasteiger partial charge in [-0.25, -0.2) is 9.97 Å². The van der Waals surface area contributed by atoms with Gasteiger partial charge < -0.3 is 8.83 Å². The molecule has 6 nitrogen and oxygen atoms in total. The summed E-state index contributed by atoms with van der Waals surface area (Å²) in [6, 6.07) is 15.8. The van der Waals surface area contributed by atoms with E-state index in [2.05, 4.69) is 20.2 Å². The van der Waals surface area contributed by atoms with Gasteiger partial charge in [0.05, 0.1) is 5.75 Å². The van der Waals surface area contributed by atoms with Crippen LogP contribution < -0.4 is 0 Å². The van der Waals surface area contributed by atoms with Crippen molar-refractivity contribution in [1.82, 2.24) is 20.2 Å². The Kier molecular flexibility index (Phi) is 3.86. The van der Waals surface area contributed by atoms with Crippen molar-refractivity contribution >= 4 is 33.8 Å². The van der Waals surface area contributed by atoms with Crippen molar-refractivity contribution < 1.29 is 8.83 Å². The highest BCUT2D eigenvalue weighted by molar-refractivity contribution is 7.98. The second kappa shape index (κ2) is 6.51. The average molecular weight is 374 g/mol. The zero-order chi connectivity index (χ0) is 18.2. The lowest BCUT2D eigenvalue weighted by molar-refractivity contribution is 0.528. The van der Waals surface area contributed by atoms with Crippen LogP contribution in [0.25, 0.3) is 33.5 Å². The van der Waals surface area contributed by atoms with Gasteiger partial charge in [-0.1, -0.05) is 41.6 Å². The molecule has 0 bridgehead atoms. The molecule has 0 aliphatic carbocycles. The quantitative estimate of drug-likeness (QED) is 0.322. The Balaban J connectivity index is 1.42. The third-order valence-electron chi connectivity index (χ3n) is 4.19. The van der Waals surface area contributed by atoms with Crippen LogP contribution in [-0.2, 0) is 5.75 Å². The molecule has 2 aromatic carbocycles. The SMILES string of the molecule is Cc1cccc(-c2nnc(CSc3ncnc4c3oc3ccccc34)o2)c1. The van der Waals surface area contributed by atoms with E-state index in [1.165, 1.54) is 11.8 Å². The van der Waals surface area contributed by atoms with Crippen molar-refractivity contribution in [3.8, 4) is 11.5 Å².